The molecule has 84 valence electrons. The van der Waals surface area contributed by atoms with Gasteiger partial charge in [0.1, 0.15) is 11.5 Å². The second-order valence-electron chi connectivity index (χ2n) is 3.35. The third kappa shape index (κ3) is 2.13. The molecule has 0 aliphatic carbocycles. The van der Waals surface area contributed by atoms with Crippen molar-refractivity contribution in [2.45, 2.75) is 6.92 Å². The molecule has 0 bridgehead atoms. The molecular formula is C9H10BrN5O. The first kappa shape index (κ1) is 10.9. The summed E-state index contributed by atoms with van der Waals surface area (Å²) < 4.78 is 2.57. The summed E-state index contributed by atoms with van der Waals surface area (Å²) in [6.45, 7) is 1.77. The summed E-state index contributed by atoms with van der Waals surface area (Å²) >= 11 is 3.30. The van der Waals surface area contributed by atoms with E-state index >= 15 is 0 Å². The Morgan fingerprint density at radius 1 is 1.62 bits per heavy atom. The number of aromatic nitrogens is 4. The van der Waals surface area contributed by atoms with E-state index < -0.39 is 0 Å². The molecule has 0 saturated carbocycles. The van der Waals surface area contributed by atoms with E-state index in [4.69, 9.17) is 0 Å². The number of nitrogens with zero attached hydrogens (tertiary/aromatic N) is 3. The maximum absolute atomic E-state index is 11.8. The van der Waals surface area contributed by atoms with Gasteiger partial charge in [-0.25, -0.2) is 0 Å². The Bertz CT molecular complexity index is 530. The van der Waals surface area contributed by atoms with Gasteiger partial charge in [0.2, 0.25) is 5.95 Å². The molecule has 2 N–H and O–H groups in total. The highest BCUT2D eigenvalue weighted by Gasteiger charge is 2.12. The minimum Gasteiger partial charge on any atom is -0.345 e. The number of aromatic amines is 1. The average Bonchev–Trinajstić information content (AvgIpc) is 2.73. The molecule has 0 aliphatic heterocycles. The van der Waals surface area contributed by atoms with Gasteiger partial charge in [-0.2, -0.15) is 4.98 Å². The highest BCUT2D eigenvalue weighted by Crippen LogP contribution is 2.14. The first-order valence-corrected chi connectivity index (χ1v) is 5.38. The molecule has 0 aromatic carbocycles. The summed E-state index contributed by atoms with van der Waals surface area (Å²) in [6.07, 6.45) is 1.80. The van der Waals surface area contributed by atoms with Gasteiger partial charge in [0, 0.05) is 17.7 Å². The van der Waals surface area contributed by atoms with E-state index in [9.17, 15) is 4.79 Å². The minimum absolute atomic E-state index is 0.243. The van der Waals surface area contributed by atoms with Crippen molar-refractivity contribution < 1.29 is 4.79 Å². The van der Waals surface area contributed by atoms with Gasteiger partial charge in [-0.05, 0) is 28.9 Å². The van der Waals surface area contributed by atoms with E-state index in [2.05, 4.69) is 36.4 Å². The van der Waals surface area contributed by atoms with Crippen LogP contribution in [0.1, 0.15) is 16.3 Å². The van der Waals surface area contributed by atoms with Crippen LogP contribution in [0.3, 0.4) is 0 Å². The number of nitrogens with one attached hydrogen (secondary N) is 2. The van der Waals surface area contributed by atoms with Crippen LogP contribution in [0.5, 0.6) is 0 Å². The van der Waals surface area contributed by atoms with Gasteiger partial charge in [0.05, 0.1) is 0 Å². The highest BCUT2D eigenvalue weighted by molar-refractivity contribution is 9.10. The van der Waals surface area contributed by atoms with Crippen molar-refractivity contribution in [1.29, 1.82) is 0 Å². The Hall–Kier alpha value is -1.63. The zero-order valence-corrected chi connectivity index (χ0v) is 10.4. The molecule has 0 radical (unpaired) electrons. The summed E-state index contributed by atoms with van der Waals surface area (Å²) in [4.78, 5) is 15.8. The van der Waals surface area contributed by atoms with Gasteiger partial charge in [-0.3, -0.25) is 15.2 Å². The Balaban J connectivity index is 2.17. The molecule has 2 aromatic heterocycles. The van der Waals surface area contributed by atoms with E-state index in [1.165, 1.54) is 0 Å². The Kier molecular flexibility index (Phi) is 2.78. The summed E-state index contributed by atoms with van der Waals surface area (Å²) in [6, 6.07) is 1.73. The summed E-state index contributed by atoms with van der Waals surface area (Å²) in [5.74, 6) is 0.690. The molecule has 2 rings (SSSR count). The van der Waals surface area contributed by atoms with Crippen LogP contribution in [0, 0.1) is 6.92 Å². The van der Waals surface area contributed by atoms with Gasteiger partial charge >= 0.3 is 0 Å². The lowest BCUT2D eigenvalue weighted by molar-refractivity contribution is 0.101. The van der Waals surface area contributed by atoms with Crippen LogP contribution in [-0.2, 0) is 7.05 Å². The van der Waals surface area contributed by atoms with E-state index in [-0.39, 0.29) is 11.9 Å². The lowest BCUT2D eigenvalue weighted by Gasteiger charge is -2.01. The van der Waals surface area contributed by atoms with Crippen molar-refractivity contribution in [3.8, 4) is 0 Å². The van der Waals surface area contributed by atoms with Crippen LogP contribution >= 0.6 is 15.9 Å². The van der Waals surface area contributed by atoms with E-state index in [1.807, 2.05) is 0 Å². The second-order valence-corrected chi connectivity index (χ2v) is 4.27. The molecule has 16 heavy (non-hydrogen) atoms. The molecule has 1 amide bonds. The number of rotatable bonds is 2. The number of aryl methyl sites for hydroxylation is 2. The number of hydrogen-bond acceptors (Lipinski definition) is 3. The van der Waals surface area contributed by atoms with Crippen LogP contribution in [0.2, 0.25) is 0 Å². The molecule has 0 aliphatic rings. The first-order valence-electron chi connectivity index (χ1n) is 4.58. The maximum atomic E-state index is 11.8. The maximum Gasteiger partial charge on any atom is 0.274 e. The van der Waals surface area contributed by atoms with Crippen LogP contribution in [0.4, 0.5) is 5.95 Å². The largest absolute Gasteiger partial charge is 0.345 e. The Morgan fingerprint density at radius 3 is 2.88 bits per heavy atom. The zero-order valence-electron chi connectivity index (χ0n) is 8.78. The molecule has 7 heteroatoms. The summed E-state index contributed by atoms with van der Waals surface area (Å²) in [7, 11) is 1.79. The van der Waals surface area contributed by atoms with Gasteiger partial charge in [0.15, 0.2) is 0 Å². The van der Waals surface area contributed by atoms with E-state index in [0.29, 0.717) is 11.5 Å². The second kappa shape index (κ2) is 4.09. The third-order valence-corrected chi connectivity index (χ3v) is 2.46. The van der Waals surface area contributed by atoms with Crippen molar-refractivity contribution in [3.05, 3.63) is 28.3 Å². The fourth-order valence-electron chi connectivity index (χ4n) is 1.31. The number of hydrogen-bond donors (Lipinski definition) is 2. The number of amides is 1. The predicted molar refractivity (Wildman–Crippen MR) is 62.2 cm³/mol. The SMILES string of the molecule is Cc1nc(NC(=O)c2cc(Br)cn2C)n[nH]1. The van der Waals surface area contributed by atoms with Gasteiger partial charge in [-0.1, -0.05) is 0 Å². The summed E-state index contributed by atoms with van der Waals surface area (Å²) in [5.41, 5.74) is 0.536. The number of halogens is 1. The first-order chi connectivity index (χ1) is 7.56. The summed E-state index contributed by atoms with van der Waals surface area (Å²) in [5, 5.41) is 9.08. The van der Waals surface area contributed by atoms with Gasteiger partial charge in [-0.15, -0.1) is 5.10 Å². The lowest BCUT2D eigenvalue weighted by atomic mass is 10.4. The fourth-order valence-corrected chi connectivity index (χ4v) is 1.84. The van der Waals surface area contributed by atoms with Crippen molar-refractivity contribution in [2.75, 3.05) is 5.32 Å². The average molecular weight is 284 g/mol. The Morgan fingerprint density at radius 2 is 2.38 bits per heavy atom. The molecule has 0 spiro atoms. The zero-order chi connectivity index (χ0) is 11.7. The topological polar surface area (TPSA) is 75.6 Å². The monoisotopic (exact) mass is 283 g/mol. The van der Waals surface area contributed by atoms with Crippen LogP contribution < -0.4 is 5.32 Å². The van der Waals surface area contributed by atoms with Crippen molar-refractivity contribution in [3.63, 3.8) is 0 Å². The normalized spacial score (nSPS) is 10.4. The van der Waals surface area contributed by atoms with Crippen molar-refractivity contribution in [2.24, 2.45) is 7.05 Å². The van der Waals surface area contributed by atoms with Crippen LogP contribution in [0.15, 0.2) is 16.7 Å². The van der Waals surface area contributed by atoms with Gasteiger partial charge < -0.3 is 4.57 Å². The number of carbonyl (C=O) groups is 1. The highest BCUT2D eigenvalue weighted by atomic mass is 79.9. The molecule has 0 unspecified atom stereocenters. The smallest absolute Gasteiger partial charge is 0.274 e. The number of anilines is 1. The van der Waals surface area contributed by atoms with Gasteiger partial charge in [0.25, 0.3) is 5.91 Å². The molecule has 6 nitrogen and oxygen atoms in total. The molecule has 0 saturated heterocycles. The lowest BCUT2D eigenvalue weighted by Crippen LogP contribution is -2.16. The third-order valence-electron chi connectivity index (χ3n) is 2.03. The van der Waals surface area contributed by atoms with E-state index in [1.54, 1.807) is 30.8 Å². The Labute approximate surface area is 100 Å². The fraction of sp³-hybridized carbons (Fsp3) is 0.222. The van der Waals surface area contributed by atoms with Crippen molar-refractivity contribution in [1.82, 2.24) is 19.7 Å². The number of H-pyrrole nitrogens is 1. The molecule has 2 heterocycles. The quantitative estimate of drug-likeness (QED) is 0.876. The molecule has 0 atom stereocenters. The molecular weight excluding hydrogens is 274 g/mol. The molecule has 2 aromatic rings. The van der Waals surface area contributed by atoms with Crippen LogP contribution in [-0.4, -0.2) is 25.7 Å². The minimum atomic E-state index is -0.243. The predicted octanol–water partition coefficient (Wildman–Crippen LogP) is 1.47. The van der Waals surface area contributed by atoms with Crippen molar-refractivity contribution >= 4 is 27.8 Å². The number of carbonyl (C=O) groups excluding carboxylic acids is 1. The standard InChI is InChI=1S/C9H10BrN5O/c1-5-11-9(14-13-5)12-8(16)7-3-6(10)4-15(7)2/h3-4H,1-2H3,(H2,11,12,13,14,16). The molecule has 0 fully saturated rings. The van der Waals surface area contributed by atoms with Crippen LogP contribution in [0.25, 0.3) is 0 Å². The van der Waals surface area contributed by atoms with E-state index in [0.717, 1.165) is 4.47 Å².